The van der Waals surface area contributed by atoms with Gasteiger partial charge in [0, 0.05) is 29.3 Å². The van der Waals surface area contributed by atoms with E-state index in [9.17, 15) is 14.9 Å². The highest BCUT2D eigenvalue weighted by molar-refractivity contribution is 7.99. The maximum atomic E-state index is 12.5. The van der Waals surface area contributed by atoms with E-state index in [1.165, 1.54) is 49.6 Å². The fourth-order valence-electron chi connectivity index (χ4n) is 4.29. The lowest BCUT2D eigenvalue weighted by atomic mass is 9.86. The lowest BCUT2D eigenvalue weighted by Gasteiger charge is -2.21. The topological polar surface area (TPSA) is 92.5 Å². The summed E-state index contributed by atoms with van der Waals surface area (Å²) in [7, 11) is 0. The van der Waals surface area contributed by atoms with E-state index in [0.29, 0.717) is 28.7 Å². The van der Waals surface area contributed by atoms with E-state index >= 15 is 0 Å². The second-order valence-electron chi connectivity index (χ2n) is 6.99. The van der Waals surface area contributed by atoms with E-state index in [1.807, 2.05) is 0 Å². The Kier molecular flexibility index (Phi) is 5.96. The van der Waals surface area contributed by atoms with Crippen molar-refractivity contribution in [2.24, 2.45) is 17.8 Å². The molecule has 0 unspecified atom stereocenters. The van der Waals surface area contributed by atoms with Gasteiger partial charge >= 0.3 is 0 Å². The van der Waals surface area contributed by atoms with Gasteiger partial charge in [-0.3, -0.25) is 14.9 Å². The summed E-state index contributed by atoms with van der Waals surface area (Å²) in [6.45, 7) is 0.604. The fraction of sp³-hybridized carbons (Fsp3) is 0.611. The second-order valence-corrected chi connectivity index (χ2v) is 8.13. The summed E-state index contributed by atoms with van der Waals surface area (Å²) < 4.78 is 0. The summed E-state index contributed by atoms with van der Waals surface area (Å²) in [5.41, 5.74) is 0.229. The number of carbonyl (C=O) groups excluding carboxylic acids is 1. The molecular formula is C18H24N2O4S. The third-order valence-corrected chi connectivity index (χ3v) is 6.51. The molecule has 1 aromatic carbocycles. The van der Waals surface area contributed by atoms with Crippen LogP contribution in [0.15, 0.2) is 23.1 Å². The molecule has 0 spiro atoms. The van der Waals surface area contributed by atoms with Crippen LogP contribution in [-0.2, 0) is 0 Å². The molecule has 2 saturated carbocycles. The highest BCUT2D eigenvalue weighted by Gasteiger charge is 2.38. The van der Waals surface area contributed by atoms with Gasteiger partial charge in [0.25, 0.3) is 11.6 Å². The van der Waals surface area contributed by atoms with Crippen LogP contribution in [0.4, 0.5) is 5.69 Å². The molecule has 6 nitrogen and oxygen atoms in total. The van der Waals surface area contributed by atoms with E-state index in [0.717, 1.165) is 18.3 Å². The maximum absolute atomic E-state index is 12.5. The molecule has 7 heteroatoms. The number of aliphatic hydroxyl groups excluding tert-OH is 1. The average Bonchev–Trinajstić information content (AvgIpc) is 3.22. The molecule has 2 bridgehead atoms. The zero-order valence-electron chi connectivity index (χ0n) is 14.1. The van der Waals surface area contributed by atoms with Crippen molar-refractivity contribution in [1.82, 2.24) is 5.32 Å². The average molecular weight is 364 g/mol. The number of nitrogens with zero attached hydrogens (tertiary/aromatic N) is 1. The smallest absolute Gasteiger partial charge is 0.270 e. The van der Waals surface area contributed by atoms with E-state index < -0.39 is 4.92 Å². The predicted molar refractivity (Wildman–Crippen MR) is 96.8 cm³/mol. The Morgan fingerprint density at radius 1 is 1.36 bits per heavy atom. The highest BCUT2D eigenvalue weighted by Crippen LogP contribution is 2.49. The lowest BCUT2D eigenvalue weighted by molar-refractivity contribution is -0.384. The summed E-state index contributed by atoms with van der Waals surface area (Å²) in [6, 6.07) is 4.31. The van der Waals surface area contributed by atoms with Crippen molar-refractivity contribution in [2.45, 2.75) is 37.0 Å². The number of nitro groups is 1. The number of hydrogen-bond donors (Lipinski definition) is 2. The lowest BCUT2D eigenvalue weighted by Crippen LogP contribution is -2.27. The normalized spacial score (nSPS) is 24.4. The first kappa shape index (κ1) is 18.2. The van der Waals surface area contributed by atoms with Crippen LogP contribution >= 0.6 is 11.8 Å². The van der Waals surface area contributed by atoms with Gasteiger partial charge in [0.05, 0.1) is 17.1 Å². The van der Waals surface area contributed by atoms with Gasteiger partial charge in [0.15, 0.2) is 0 Å². The molecule has 136 valence electrons. The van der Waals surface area contributed by atoms with Crippen LogP contribution in [0, 0.1) is 27.9 Å². The molecule has 25 heavy (non-hydrogen) atoms. The Morgan fingerprint density at radius 2 is 2.20 bits per heavy atom. The second kappa shape index (κ2) is 8.19. The largest absolute Gasteiger partial charge is 0.396 e. The van der Waals surface area contributed by atoms with Gasteiger partial charge in [-0.25, -0.2) is 0 Å². The summed E-state index contributed by atoms with van der Waals surface area (Å²) >= 11 is 1.33. The first-order valence-electron chi connectivity index (χ1n) is 8.88. The van der Waals surface area contributed by atoms with Crippen molar-refractivity contribution in [3.8, 4) is 0 Å². The molecule has 1 amide bonds. The van der Waals surface area contributed by atoms with Gasteiger partial charge in [0.2, 0.25) is 0 Å². The number of thioether (sulfide) groups is 1. The fourth-order valence-corrected chi connectivity index (χ4v) is 5.07. The number of non-ortho nitro benzene ring substituents is 1. The van der Waals surface area contributed by atoms with E-state index in [1.54, 1.807) is 6.07 Å². The monoisotopic (exact) mass is 364 g/mol. The third-order valence-electron chi connectivity index (χ3n) is 5.45. The summed E-state index contributed by atoms with van der Waals surface area (Å²) in [6.07, 6.45) is 6.32. The number of nitrogens with one attached hydrogen (secondary N) is 1. The van der Waals surface area contributed by atoms with Crippen LogP contribution in [0.5, 0.6) is 0 Å². The van der Waals surface area contributed by atoms with Crippen LogP contribution in [-0.4, -0.2) is 34.8 Å². The van der Waals surface area contributed by atoms with Crippen LogP contribution in [0.1, 0.15) is 42.5 Å². The van der Waals surface area contributed by atoms with Crippen LogP contribution < -0.4 is 5.32 Å². The van der Waals surface area contributed by atoms with Crippen molar-refractivity contribution in [3.05, 3.63) is 33.9 Å². The molecular weight excluding hydrogens is 340 g/mol. The SMILES string of the molecule is O=C(NCC[C@@H]1C[C@H]2CC[C@H]1C2)c1cc([N+](=O)[O-])ccc1SCCO. The molecule has 3 atom stereocenters. The van der Waals surface area contributed by atoms with Crippen LogP contribution in [0.3, 0.4) is 0 Å². The Morgan fingerprint density at radius 3 is 2.84 bits per heavy atom. The Balaban J connectivity index is 1.61. The Bertz CT molecular complexity index is 652. The molecule has 0 heterocycles. The van der Waals surface area contributed by atoms with Crippen LogP contribution in [0.25, 0.3) is 0 Å². The van der Waals surface area contributed by atoms with E-state index in [2.05, 4.69) is 5.32 Å². The Labute approximate surface area is 151 Å². The minimum Gasteiger partial charge on any atom is -0.396 e. The quantitative estimate of drug-likeness (QED) is 0.420. The van der Waals surface area contributed by atoms with E-state index in [-0.39, 0.29) is 18.2 Å². The minimum atomic E-state index is -0.494. The maximum Gasteiger partial charge on any atom is 0.270 e. The van der Waals surface area contributed by atoms with E-state index in [4.69, 9.17) is 5.11 Å². The van der Waals surface area contributed by atoms with Crippen LogP contribution in [0.2, 0.25) is 0 Å². The first-order valence-corrected chi connectivity index (χ1v) is 9.87. The van der Waals surface area contributed by atoms with Gasteiger partial charge in [-0.15, -0.1) is 11.8 Å². The minimum absolute atomic E-state index is 0.00700. The van der Waals surface area contributed by atoms with Crippen molar-refractivity contribution < 1.29 is 14.8 Å². The van der Waals surface area contributed by atoms with Gasteiger partial charge < -0.3 is 10.4 Å². The molecule has 1 aromatic rings. The Hall–Kier alpha value is -1.60. The number of benzene rings is 1. The molecule has 2 fully saturated rings. The number of aliphatic hydroxyl groups is 1. The summed E-state index contributed by atoms with van der Waals surface area (Å²) in [4.78, 5) is 23.7. The molecule has 0 radical (unpaired) electrons. The highest BCUT2D eigenvalue weighted by atomic mass is 32.2. The first-order chi connectivity index (χ1) is 12.1. The van der Waals surface area contributed by atoms with Gasteiger partial charge in [-0.05, 0) is 49.5 Å². The molecule has 0 saturated heterocycles. The molecule has 2 aliphatic rings. The van der Waals surface area contributed by atoms with Gasteiger partial charge in [0.1, 0.15) is 0 Å². The molecule has 2 aliphatic carbocycles. The molecule has 0 aliphatic heterocycles. The van der Waals surface area contributed by atoms with Gasteiger partial charge in [-0.1, -0.05) is 6.42 Å². The summed E-state index contributed by atoms with van der Waals surface area (Å²) in [5, 5.41) is 22.9. The third kappa shape index (κ3) is 4.33. The zero-order valence-corrected chi connectivity index (χ0v) is 15.0. The van der Waals surface area contributed by atoms with Crippen molar-refractivity contribution in [2.75, 3.05) is 18.9 Å². The number of fused-ring (bicyclic) bond motifs is 2. The number of carbonyl (C=O) groups is 1. The van der Waals surface area contributed by atoms with Gasteiger partial charge in [-0.2, -0.15) is 0 Å². The summed E-state index contributed by atoms with van der Waals surface area (Å²) in [5.74, 6) is 2.61. The number of rotatable bonds is 8. The van der Waals surface area contributed by atoms with Crippen molar-refractivity contribution in [3.63, 3.8) is 0 Å². The number of hydrogen-bond acceptors (Lipinski definition) is 5. The zero-order chi connectivity index (χ0) is 17.8. The molecule has 3 rings (SSSR count). The van der Waals surface area contributed by atoms with Crippen molar-refractivity contribution in [1.29, 1.82) is 0 Å². The number of nitro benzene ring substituents is 1. The molecule has 0 aromatic heterocycles. The standard InChI is InChI=1S/C18H24N2O4S/c21-7-8-25-17-4-3-15(20(23)24)11-16(17)18(22)19-6-5-14-10-12-1-2-13(14)9-12/h3-4,11-14,21H,1-2,5-10H2,(H,19,22)/t12-,13-,14+/m0/s1. The predicted octanol–water partition coefficient (Wildman–Crippen LogP) is 3.24. The van der Waals surface area contributed by atoms with Crippen molar-refractivity contribution >= 4 is 23.4 Å². The molecule has 2 N–H and O–H groups in total. The number of amides is 1.